The summed E-state index contributed by atoms with van der Waals surface area (Å²) >= 11 is 1.41. The number of benzene rings is 1. The number of hydrogen-bond acceptors (Lipinski definition) is 5. The Morgan fingerprint density at radius 3 is 2.68 bits per heavy atom. The van der Waals surface area contributed by atoms with Gasteiger partial charge < -0.3 is 10.1 Å². The van der Waals surface area contributed by atoms with Crippen LogP contribution in [-0.4, -0.2) is 35.0 Å². The smallest absolute Gasteiger partial charge is 0.230 e. The Hall–Kier alpha value is -2.08. The van der Waals surface area contributed by atoms with E-state index in [1.165, 1.54) is 31.0 Å². The second-order valence-corrected chi connectivity index (χ2v) is 7.14. The monoisotopic (exact) mass is 357 g/mol. The first-order chi connectivity index (χ1) is 12.3. The van der Waals surface area contributed by atoms with E-state index >= 15 is 0 Å². The zero-order valence-corrected chi connectivity index (χ0v) is 15.2. The molecule has 1 aromatic carbocycles. The summed E-state index contributed by atoms with van der Waals surface area (Å²) in [5.74, 6) is 1.22. The lowest BCUT2D eigenvalue weighted by Gasteiger charge is -2.22. The van der Waals surface area contributed by atoms with E-state index in [1.807, 2.05) is 36.4 Å². The maximum Gasteiger partial charge on any atom is 0.230 e. The molecule has 6 heteroatoms. The molecule has 1 aliphatic rings. The molecule has 1 aliphatic carbocycles. The van der Waals surface area contributed by atoms with Crippen molar-refractivity contribution in [2.45, 2.75) is 43.2 Å². The quantitative estimate of drug-likeness (QED) is 0.799. The average molecular weight is 357 g/mol. The van der Waals surface area contributed by atoms with Crippen LogP contribution >= 0.6 is 11.8 Å². The summed E-state index contributed by atoms with van der Waals surface area (Å²) in [7, 11) is 1.64. The van der Waals surface area contributed by atoms with Crippen molar-refractivity contribution >= 4 is 17.7 Å². The number of methoxy groups -OCH3 is 1. The number of carbonyl (C=O) groups excluding carboxylic acids is 1. The minimum Gasteiger partial charge on any atom is -0.496 e. The summed E-state index contributed by atoms with van der Waals surface area (Å²) in [4.78, 5) is 12.1. The highest BCUT2D eigenvalue weighted by molar-refractivity contribution is 7.99. The Labute approximate surface area is 152 Å². The zero-order chi connectivity index (χ0) is 17.5. The highest BCUT2D eigenvalue weighted by Gasteiger charge is 2.16. The number of ether oxygens (including phenoxy) is 1. The number of amides is 1. The molecule has 25 heavy (non-hydrogen) atoms. The molecule has 3 rings (SSSR count). The maximum atomic E-state index is 12.1. The predicted octanol–water partition coefficient (Wildman–Crippen LogP) is 3.69. The molecule has 0 saturated heterocycles. The van der Waals surface area contributed by atoms with Crippen molar-refractivity contribution in [2.75, 3.05) is 12.9 Å². The van der Waals surface area contributed by atoms with Crippen molar-refractivity contribution in [3.05, 3.63) is 36.4 Å². The third-order valence-electron chi connectivity index (χ3n) is 4.34. The van der Waals surface area contributed by atoms with E-state index in [9.17, 15) is 4.79 Å². The molecule has 1 saturated carbocycles. The van der Waals surface area contributed by atoms with Crippen molar-refractivity contribution in [2.24, 2.45) is 0 Å². The van der Waals surface area contributed by atoms with Crippen LogP contribution in [-0.2, 0) is 4.79 Å². The normalized spacial score (nSPS) is 14.9. The van der Waals surface area contributed by atoms with Crippen LogP contribution in [0.2, 0.25) is 0 Å². The molecular formula is C19H23N3O2S. The largest absolute Gasteiger partial charge is 0.496 e. The number of aromatic nitrogens is 2. The summed E-state index contributed by atoms with van der Waals surface area (Å²) in [6, 6.07) is 11.9. The summed E-state index contributed by atoms with van der Waals surface area (Å²) in [5, 5.41) is 12.4. The van der Waals surface area contributed by atoms with Gasteiger partial charge in [0.05, 0.1) is 18.6 Å². The fourth-order valence-corrected chi connectivity index (χ4v) is 3.68. The molecule has 0 bridgehead atoms. The summed E-state index contributed by atoms with van der Waals surface area (Å²) in [5.41, 5.74) is 1.66. The predicted molar refractivity (Wildman–Crippen MR) is 99.8 cm³/mol. The molecule has 2 aromatic rings. The van der Waals surface area contributed by atoms with E-state index in [2.05, 4.69) is 15.5 Å². The van der Waals surface area contributed by atoms with Crippen LogP contribution in [0, 0.1) is 0 Å². The molecule has 0 unspecified atom stereocenters. The maximum absolute atomic E-state index is 12.1. The number of para-hydroxylation sites is 1. The van der Waals surface area contributed by atoms with Gasteiger partial charge in [0.25, 0.3) is 0 Å². The van der Waals surface area contributed by atoms with Crippen molar-refractivity contribution in [1.82, 2.24) is 15.5 Å². The fraction of sp³-hybridized carbons (Fsp3) is 0.421. The van der Waals surface area contributed by atoms with Crippen LogP contribution in [0.3, 0.4) is 0 Å². The van der Waals surface area contributed by atoms with Gasteiger partial charge >= 0.3 is 0 Å². The van der Waals surface area contributed by atoms with Crippen LogP contribution in [0.1, 0.15) is 32.1 Å². The standard InChI is InChI=1S/C19H23N3O2S/c1-24-17-10-6-5-9-15(17)16-11-12-19(22-21-16)25-13-18(23)20-14-7-3-2-4-8-14/h5-6,9-12,14H,2-4,7-8,13H2,1H3,(H,20,23). The Balaban J connectivity index is 1.54. The molecule has 1 amide bonds. The minimum absolute atomic E-state index is 0.0764. The third-order valence-corrected chi connectivity index (χ3v) is 5.26. The first-order valence-corrected chi connectivity index (χ1v) is 9.64. The summed E-state index contributed by atoms with van der Waals surface area (Å²) in [6.45, 7) is 0. The Morgan fingerprint density at radius 1 is 1.16 bits per heavy atom. The molecule has 1 heterocycles. The van der Waals surface area contributed by atoms with Crippen LogP contribution in [0.15, 0.2) is 41.4 Å². The van der Waals surface area contributed by atoms with Gasteiger partial charge in [-0.15, -0.1) is 10.2 Å². The lowest BCUT2D eigenvalue weighted by Crippen LogP contribution is -2.37. The Kier molecular flexibility index (Phi) is 6.28. The van der Waals surface area contributed by atoms with E-state index in [-0.39, 0.29) is 5.91 Å². The molecule has 0 aliphatic heterocycles. The van der Waals surface area contributed by atoms with E-state index in [0.717, 1.165) is 34.9 Å². The van der Waals surface area contributed by atoms with Gasteiger partial charge in [0.1, 0.15) is 10.8 Å². The molecule has 1 fully saturated rings. The van der Waals surface area contributed by atoms with Gasteiger partial charge in [-0.3, -0.25) is 4.79 Å². The third kappa shape index (κ3) is 4.95. The van der Waals surface area contributed by atoms with E-state index in [4.69, 9.17) is 4.74 Å². The van der Waals surface area contributed by atoms with Crippen molar-refractivity contribution in [3.8, 4) is 17.0 Å². The second-order valence-electron chi connectivity index (χ2n) is 6.15. The van der Waals surface area contributed by atoms with E-state index in [1.54, 1.807) is 7.11 Å². The SMILES string of the molecule is COc1ccccc1-c1ccc(SCC(=O)NC2CCCCC2)nn1. The molecule has 1 N–H and O–H groups in total. The highest BCUT2D eigenvalue weighted by Crippen LogP contribution is 2.28. The first kappa shape index (κ1) is 17.7. The van der Waals surface area contributed by atoms with Crippen LogP contribution in [0.25, 0.3) is 11.3 Å². The highest BCUT2D eigenvalue weighted by atomic mass is 32.2. The number of hydrogen-bond donors (Lipinski definition) is 1. The number of thioether (sulfide) groups is 1. The molecule has 0 spiro atoms. The van der Waals surface area contributed by atoms with Gasteiger partial charge in [0.15, 0.2) is 0 Å². The lowest BCUT2D eigenvalue weighted by molar-refractivity contribution is -0.119. The zero-order valence-electron chi connectivity index (χ0n) is 14.4. The van der Waals surface area contributed by atoms with Crippen LogP contribution in [0.5, 0.6) is 5.75 Å². The van der Waals surface area contributed by atoms with Crippen LogP contribution in [0.4, 0.5) is 0 Å². The number of nitrogens with one attached hydrogen (secondary N) is 1. The Bertz CT molecular complexity index is 700. The van der Waals surface area contributed by atoms with Gasteiger partial charge in [0, 0.05) is 11.6 Å². The van der Waals surface area contributed by atoms with Gasteiger partial charge in [-0.05, 0) is 37.1 Å². The fourth-order valence-electron chi connectivity index (χ4n) is 3.05. The molecule has 0 atom stereocenters. The van der Waals surface area contributed by atoms with Crippen molar-refractivity contribution in [3.63, 3.8) is 0 Å². The minimum atomic E-state index is 0.0764. The van der Waals surface area contributed by atoms with Crippen LogP contribution < -0.4 is 10.1 Å². The summed E-state index contributed by atoms with van der Waals surface area (Å²) in [6.07, 6.45) is 5.92. The number of nitrogens with zero attached hydrogens (tertiary/aromatic N) is 2. The lowest BCUT2D eigenvalue weighted by atomic mass is 9.95. The average Bonchev–Trinajstić information content (AvgIpc) is 2.67. The number of carbonyl (C=O) groups is 1. The summed E-state index contributed by atoms with van der Waals surface area (Å²) < 4.78 is 5.36. The van der Waals surface area contributed by atoms with Gasteiger partial charge in [-0.25, -0.2) is 0 Å². The van der Waals surface area contributed by atoms with Crippen molar-refractivity contribution in [1.29, 1.82) is 0 Å². The topological polar surface area (TPSA) is 64.1 Å². The van der Waals surface area contributed by atoms with Gasteiger partial charge in [0.2, 0.25) is 5.91 Å². The molecule has 1 aromatic heterocycles. The van der Waals surface area contributed by atoms with Gasteiger partial charge in [-0.1, -0.05) is 43.2 Å². The molecule has 5 nitrogen and oxygen atoms in total. The first-order valence-electron chi connectivity index (χ1n) is 8.65. The second kappa shape index (κ2) is 8.85. The molecular weight excluding hydrogens is 334 g/mol. The van der Waals surface area contributed by atoms with E-state index in [0.29, 0.717) is 11.8 Å². The van der Waals surface area contributed by atoms with Crippen molar-refractivity contribution < 1.29 is 9.53 Å². The molecule has 0 radical (unpaired) electrons. The van der Waals surface area contributed by atoms with Gasteiger partial charge in [-0.2, -0.15) is 0 Å². The molecule has 132 valence electrons. The number of rotatable bonds is 6. The Morgan fingerprint density at radius 2 is 1.96 bits per heavy atom. The van der Waals surface area contributed by atoms with E-state index < -0.39 is 0 Å².